The van der Waals surface area contributed by atoms with E-state index in [-0.39, 0.29) is 5.41 Å². The smallest absolute Gasteiger partial charge is 0.209 e. The second-order valence-corrected chi connectivity index (χ2v) is 9.01. The van der Waals surface area contributed by atoms with E-state index >= 15 is 0 Å². The van der Waals surface area contributed by atoms with E-state index in [9.17, 15) is 9.59 Å². The number of carbonyl (C=O) groups excluding carboxylic acids is 2. The predicted octanol–water partition coefficient (Wildman–Crippen LogP) is 3.90. The van der Waals surface area contributed by atoms with Crippen molar-refractivity contribution < 1.29 is 19.1 Å². The molecule has 0 amide bonds. The Morgan fingerprint density at radius 3 is 1.48 bits per heavy atom. The number of hydrogen-bond acceptors (Lipinski definition) is 6. The third-order valence-electron chi connectivity index (χ3n) is 6.03. The molecule has 2 atom stereocenters. The zero-order valence-electron chi connectivity index (χ0n) is 17.0. The van der Waals surface area contributed by atoms with Gasteiger partial charge in [-0.05, 0) is 66.8 Å². The number of aldehydes is 2. The molecule has 0 aromatic heterocycles. The molecule has 2 heterocycles. The standard InChI is InChI=1S/C23H24Cl2N2O4/c24-17-1-5-19(6-2-17)30-21(13-28)26-11-9-23(15-26)10-12-27(16-23)22(14-29)31-20-7-3-18(25)4-8-20/h1-8,13-14,21-22H,9-12,15-16H2. The Balaban J connectivity index is 1.37. The van der Waals surface area contributed by atoms with Gasteiger partial charge >= 0.3 is 0 Å². The summed E-state index contributed by atoms with van der Waals surface area (Å²) in [5.41, 5.74) is 0.00916. The first-order valence-corrected chi connectivity index (χ1v) is 11.0. The van der Waals surface area contributed by atoms with E-state index in [1.807, 2.05) is 0 Å². The van der Waals surface area contributed by atoms with E-state index in [0.29, 0.717) is 21.5 Å². The lowest BCUT2D eigenvalue weighted by Crippen LogP contribution is -2.43. The Hall–Kier alpha value is -2.12. The maximum absolute atomic E-state index is 11.7. The Kier molecular flexibility index (Phi) is 6.82. The lowest BCUT2D eigenvalue weighted by Gasteiger charge is -2.29. The Bertz CT molecular complexity index is 831. The largest absolute Gasteiger partial charge is 0.468 e. The van der Waals surface area contributed by atoms with Crippen LogP contribution < -0.4 is 9.47 Å². The highest BCUT2D eigenvalue weighted by molar-refractivity contribution is 6.30. The van der Waals surface area contributed by atoms with Gasteiger partial charge in [0, 0.05) is 36.2 Å². The van der Waals surface area contributed by atoms with Crippen LogP contribution >= 0.6 is 23.2 Å². The van der Waals surface area contributed by atoms with Crippen LogP contribution in [0.25, 0.3) is 0 Å². The molecule has 8 heteroatoms. The van der Waals surface area contributed by atoms with Gasteiger partial charge in [-0.1, -0.05) is 23.2 Å². The molecule has 2 aromatic rings. The van der Waals surface area contributed by atoms with Crippen LogP contribution in [-0.2, 0) is 9.59 Å². The van der Waals surface area contributed by atoms with Crippen molar-refractivity contribution in [2.24, 2.45) is 5.41 Å². The monoisotopic (exact) mass is 462 g/mol. The first-order chi connectivity index (χ1) is 15.0. The summed E-state index contributed by atoms with van der Waals surface area (Å²) >= 11 is 11.8. The summed E-state index contributed by atoms with van der Waals surface area (Å²) in [4.78, 5) is 27.6. The molecule has 31 heavy (non-hydrogen) atoms. The molecule has 4 rings (SSSR count). The van der Waals surface area contributed by atoms with Gasteiger partial charge in [0.25, 0.3) is 0 Å². The van der Waals surface area contributed by atoms with Gasteiger partial charge in [0.05, 0.1) is 0 Å². The average molecular weight is 463 g/mol. The van der Waals surface area contributed by atoms with Crippen LogP contribution in [0.5, 0.6) is 11.5 Å². The fraction of sp³-hybridized carbons (Fsp3) is 0.391. The average Bonchev–Trinajstić information content (AvgIpc) is 3.39. The van der Waals surface area contributed by atoms with Crippen molar-refractivity contribution in [1.82, 2.24) is 9.80 Å². The zero-order valence-corrected chi connectivity index (χ0v) is 18.5. The predicted molar refractivity (Wildman–Crippen MR) is 119 cm³/mol. The van der Waals surface area contributed by atoms with E-state index in [2.05, 4.69) is 9.80 Å². The second kappa shape index (κ2) is 9.57. The highest BCUT2D eigenvalue weighted by Gasteiger charge is 2.47. The molecule has 2 unspecified atom stereocenters. The Morgan fingerprint density at radius 2 is 1.13 bits per heavy atom. The first kappa shape index (κ1) is 22.1. The summed E-state index contributed by atoms with van der Waals surface area (Å²) in [7, 11) is 0. The summed E-state index contributed by atoms with van der Waals surface area (Å²) in [6.45, 7) is 2.98. The highest BCUT2D eigenvalue weighted by atomic mass is 35.5. The van der Waals surface area contributed by atoms with Crippen molar-refractivity contribution in [3.63, 3.8) is 0 Å². The van der Waals surface area contributed by atoms with E-state index in [1.165, 1.54) is 0 Å². The maximum atomic E-state index is 11.7. The van der Waals surface area contributed by atoms with E-state index in [1.54, 1.807) is 48.5 Å². The van der Waals surface area contributed by atoms with Crippen molar-refractivity contribution in [3.05, 3.63) is 58.6 Å². The van der Waals surface area contributed by atoms with Crippen LogP contribution in [0.3, 0.4) is 0 Å². The summed E-state index contributed by atoms with van der Waals surface area (Å²) < 4.78 is 11.8. The minimum absolute atomic E-state index is 0.00916. The number of benzene rings is 2. The summed E-state index contributed by atoms with van der Waals surface area (Å²) in [6, 6.07) is 14.0. The third kappa shape index (κ3) is 5.21. The molecule has 2 aliphatic rings. The molecule has 2 fully saturated rings. The van der Waals surface area contributed by atoms with Gasteiger partial charge in [-0.3, -0.25) is 19.4 Å². The van der Waals surface area contributed by atoms with Gasteiger partial charge in [0.2, 0.25) is 12.5 Å². The van der Waals surface area contributed by atoms with Gasteiger partial charge in [-0.2, -0.15) is 0 Å². The van der Waals surface area contributed by atoms with Crippen molar-refractivity contribution >= 4 is 35.8 Å². The van der Waals surface area contributed by atoms with Gasteiger partial charge < -0.3 is 9.47 Å². The van der Waals surface area contributed by atoms with Crippen LogP contribution in [0.15, 0.2) is 48.5 Å². The molecule has 0 bridgehead atoms. The molecule has 0 aliphatic carbocycles. The third-order valence-corrected chi connectivity index (χ3v) is 6.53. The molecule has 2 aliphatic heterocycles. The summed E-state index contributed by atoms with van der Waals surface area (Å²) in [6.07, 6.45) is 2.23. The number of hydrogen-bond donors (Lipinski definition) is 0. The van der Waals surface area contributed by atoms with E-state index < -0.39 is 12.5 Å². The number of rotatable bonds is 8. The van der Waals surface area contributed by atoms with Crippen molar-refractivity contribution in [1.29, 1.82) is 0 Å². The zero-order chi connectivity index (χ0) is 21.8. The van der Waals surface area contributed by atoms with Crippen LogP contribution in [-0.4, -0.2) is 61.0 Å². The minimum atomic E-state index is -0.651. The molecule has 1 spiro atoms. The fourth-order valence-corrected chi connectivity index (χ4v) is 4.64. The number of halogens is 2. The number of ether oxygens (including phenoxy) is 2. The highest BCUT2D eigenvalue weighted by Crippen LogP contribution is 2.41. The molecule has 2 aromatic carbocycles. The van der Waals surface area contributed by atoms with Crippen molar-refractivity contribution in [2.45, 2.75) is 25.3 Å². The lowest BCUT2D eigenvalue weighted by atomic mass is 9.86. The molecule has 6 nitrogen and oxygen atoms in total. The maximum Gasteiger partial charge on any atom is 0.209 e. The quantitative estimate of drug-likeness (QED) is 0.554. The molecule has 0 saturated carbocycles. The Morgan fingerprint density at radius 1 is 0.742 bits per heavy atom. The summed E-state index contributed by atoms with van der Waals surface area (Å²) in [5.74, 6) is 1.21. The van der Waals surface area contributed by atoms with Crippen molar-refractivity contribution in [2.75, 3.05) is 26.2 Å². The fourth-order valence-electron chi connectivity index (χ4n) is 4.39. The van der Waals surface area contributed by atoms with Gasteiger partial charge in [0.1, 0.15) is 11.5 Å². The lowest BCUT2D eigenvalue weighted by molar-refractivity contribution is -0.121. The van der Waals surface area contributed by atoms with E-state index in [0.717, 1.165) is 51.6 Å². The Labute approximate surface area is 191 Å². The normalized spacial score (nSPS) is 23.5. The molecular formula is C23H24Cl2N2O4. The molecule has 2 saturated heterocycles. The first-order valence-electron chi connectivity index (χ1n) is 10.2. The van der Waals surface area contributed by atoms with Gasteiger partial charge in [-0.25, -0.2) is 0 Å². The second-order valence-electron chi connectivity index (χ2n) is 8.14. The van der Waals surface area contributed by atoms with Gasteiger partial charge in [-0.15, -0.1) is 0 Å². The number of likely N-dealkylation sites (tertiary alicyclic amines) is 2. The molecule has 0 N–H and O–H groups in total. The summed E-state index contributed by atoms with van der Waals surface area (Å²) in [5, 5.41) is 1.23. The van der Waals surface area contributed by atoms with Crippen LogP contribution in [0, 0.1) is 5.41 Å². The SMILES string of the molecule is O=CC(Oc1ccc(Cl)cc1)N1CCC2(CCN(C(C=O)Oc3ccc(Cl)cc3)C2)C1. The van der Waals surface area contributed by atoms with Crippen LogP contribution in [0.2, 0.25) is 10.0 Å². The van der Waals surface area contributed by atoms with Crippen LogP contribution in [0.1, 0.15) is 12.8 Å². The number of nitrogens with zero attached hydrogens (tertiary/aromatic N) is 2. The number of carbonyl (C=O) groups is 2. The minimum Gasteiger partial charge on any atom is -0.468 e. The molecular weight excluding hydrogens is 439 g/mol. The van der Waals surface area contributed by atoms with E-state index in [4.69, 9.17) is 32.7 Å². The molecule has 164 valence electrons. The van der Waals surface area contributed by atoms with Gasteiger partial charge in [0.15, 0.2) is 12.6 Å². The molecule has 0 radical (unpaired) electrons. The van der Waals surface area contributed by atoms with Crippen molar-refractivity contribution in [3.8, 4) is 11.5 Å². The topological polar surface area (TPSA) is 59.1 Å². The van der Waals surface area contributed by atoms with Crippen LogP contribution in [0.4, 0.5) is 0 Å².